The van der Waals surface area contributed by atoms with E-state index in [9.17, 15) is 4.79 Å². The van der Waals surface area contributed by atoms with E-state index in [4.69, 9.17) is 4.98 Å². The molecule has 1 amide bonds. The average molecular weight is 420 g/mol. The number of hydrogen-bond donors (Lipinski definition) is 0. The summed E-state index contributed by atoms with van der Waals surface area (Å²) in [5, 5.41) is 5.24. The molecule has 0 unspecified atom stereocenters. The molecule has 30 heavy (non-hydrogen) atoms. The molecule has 1 aromatic carbocycles. The van der Waals surface area contributed by atoms with Crippen molar-refractivity contribution < 1.29 is 4.79 Å². The van der Waals surface area contributed by atoms with E-state index >= 15 is 0 Å². The van der Waals surface area contributed by atoms with E-state index < -0.39 is 0 Å². The third-order valence-corrected chi connectivity index (χ3v) is 6.21. The van der Waals surface area contributed by atoms with Gasteiger partial charge in [-0.15, -0.1) is 0 Å². The molecule has 4 aromatic rings. The lowest BCUT2D eigenvalue weighted by atomic mass is 10.1. The van der Waals surface area contributed by atoms with Crippen LogP contribution in [0.15, 0.2) is 42.7 Å². The summed E-state index contributed by atoms with van der Waals surface area (Å²) in [6, 6.07) is 10.1. The smallest absolute Gasteiger partial charge is 0.278 e. The summed E-state index contributed by atoms with van der Waals surface area (Å²) in [5.74, 6) is -0.158. The third-order valence-electron chi connectivity index (χ3n) is 4.98. The minimum atomic E-state index is -0.158. The Bertz CT molecular complexity index is 1210. The number of nitrogens with zero attached hydrogens (tertiary/aromatic N) is 5. The predicted octanol–water partition coefficient (Wildman–Crippen LogP) is 5.24. The van der Waals surface area contributed by atoms with E-state index in [0.29, 0.717) is 17.4 Å². The summed E-state index contributed by atoms with van der Waals surface area (Å²) in [7, 11) is 0. The van der Waals surface area contributed by atoms with Gasteiger partial charge in [-0.05, 0) is 69.5 Å². The lowest BCUT2D eigenvalue weighted by Gasteiger charge is -2.18. The number of anilines is 1. The second kappa shape index (κ2) is 7.99. The highest BCUT2D eigenvalue weighted by molar-refractivity contribution is 7.22. The number of thiazole rings is 1. The molecule has 0 radical (unpaired) electrons. The van der Waals surface area contributed by atoms with Crippen LogP contribution in [0.2, 0.25) is 0 Å². The van der Waals surface area contributed by atoms with Gasteiger partial charge in [-0.2, -0.15) is 5.10 Å². The summed E-state index contributed by atoms with van der Waals surface area (Å²) in [5.41, 5.74) is 5.58. The molecule has 6 nitrogen and oxygen atoms in total. The maximum atomic E-state index is 13.6. The Hall–Kier alpha value is -3.06. The number of aryl methyl sites for hydroxylation is 3. The standard InChI is InChI=1S/C23H25N5OS/c1-14(2)28-17(5)11-20(26-28)22(29)27(13-18-7-6-8-24-12-18)23-25-19-10-15(3)9-16(4)21(19)30-23/h6-12,14H,13H2,1-5H3. The first-order valence-electron chi connectivity index (χ1n) is 9.98. The summed E-state index contributed by atoms with van der Waals surface area (Å²) < 4.78 is 2.98. The van der Waals surface area contributed by atoms with Crippen molar-refractivity contribution in [2.75, 3.05) is 4.90 Å². The fourth-order valence-electron chi connectivity index (χ4n) is 3.63. The highest BCUT2D eigenvalue weighted by Gasteiger charge is 2.25. The Labute approximate surface area is 180 Å². The Kier molecular flexibility index (Phi) is 5.39. The number of hydrogen-bond acceptors (Lipinski definition) is 5. The van der Waals surface area contributed by atoms with Crippen LogP contribution in [0, 0.1) is 20.8 Å². The minimum absolute atomic E-state index is 0.158. The number of pyridine rings is 1. The summed E-state index contributed by atoms with van der Waals surface area (Å²) in [4.78, 5) is 24.3. The molecule has 0 atom stereocenters. The van der Waals surface area contributed by atoms with Crippen LogP contribution in [0.25, 0.3) is 10.2 Å². The quantitative estimate of drug-likeness (QED) is 0.444. The van der Waals surface area contributed by atoms with Crippen molar-refractivity contribution in [1.29, 1.82) is 0 Å². The van der Waals surface area contributed by atoms with Crippen LogP contribution in [-0.4, -0.2) is 25.7 Å². The average Bonchev–Trinajstić information content (AvgIpc) is 3.30. The van der Waals surface area contributed by atoms with Gasteiger partial charge in [-0.1, -0.05) is 23.5 Å². The molecule has 0 saturated heterocycles. The van der Waals surface area contributed by atoms with Gasteiger partial charge in [0.05, 0.1) is 16.8 Å². The first kappa shape index (κ1) is 20.2. The van der Waals surface area contributed by atoms with Crippen LogP contribution < -0.4 is 4.90 Å². The number of carbonyl (C=O) groups excluding carboxylic acids is 1. The van der Waals surface area contributed by atoms with E-state index in [-0.39, 0.29) is 11.9 Å². The number of amides is 1. The van der Waals surface area contributed by atoms with Gasteiger partial charge in [0.2, 0.25) is 0 Å². The first-order valence-corrected chi connectivity index (χ1v) is 10.8. The zero-order valence-corrected chi connectivity index (χ0v) is 18.7. The minimum Gasteiger partial charge on any atom is -0.278 e. The van der Waals surface area contributed by atoms with Crippen molar-refractivity contribution in [3.8, 4) is 0 Å². The van der Waals surface area contributed by atoms with Crippen molar-refractivity contribution in [2.45, 2.75) is 47.2 Å². The molecule has 0 aliphatic carbocycles. The summed E-state index contributed by atoms with van der Waals surface area (Å²) >= 11 is 1.54. The topological polar surface area (TPSA) is 63.9 Å². The molecule has 3 heterocycles. The maximum Gasteiger partial charge on any atom is 0.280 e. The van der Waals surface area contributed by atoms with Crippen molar-refractivity contribution >= 4 is 32.6 Å². The van der Waals surface area contributed by atoms with Crippen LogP contribution in [0.3, 0.4) is 0 Å². The van der Waals surface area contributed by atoms with E-state index in [2.05, 4.69) is 49.9 Å². The molecule has 3 aromatic heterocycles. The Morgan fingerprint density at radius 3 is 2.67 bits per heavy atom. The van der Waals surface area contributed by atoms with E-state index in [0.717, 1.165) is 27.0 Å². The lowest BCUT2D eigenvalue weighted by Crippen LogP contribution is -2.31. The molecular formula is C23H25N5OS. The molecule has 0 fully saturated rings. The van der Waals surface area contributed by atoms with Crippen LogP contribution in [0.1, 0.15) is 52.8 Å². The Morgan fingerprint density at radius 1 is 1.20 bits per heavy atom. The molecule has 0 aliphatic rings. The van der Waals surface area contributed by atoms with Crippen LogP contribution >= 0.6 is 11.3 Å². The number of fused-ring (bicyclic) bond motifs is 1. The SMILES string of the molecule is Cc1cc(C)c2sc(N(Cc3cccnc3)C(=O)c3cc(C)n(C(C)C)n3)nc2c1. The zero-order chi connectivity index (χ0) is 21.4. The first-order chi connectivity index (χ1) is 14.3. The van der Waals surface area contributed by atoms with E-state index in [1.54, 1.807) is 17.3 Å². The monoisotopic (exact) mass is 419 g/mol. The van der Waals surface area contributed by atoms with Crippen LogP contribution in [0.5, 0.6) is 0 Å². The van der Waals surface area contributed by atoms with Gasteiger partial charge in [0, 0.05) is 24.1 Å². The third kappa shape index (κ3) is 3.85. The van der Waals surface area contributed by atoms with Crippen molar-refractivity contribution in [1.82, 2.24) is 19.7 Å². The molecule has 154 valence electrons. The summed E-state index contributed by atoms with van der Waals surface area (Å²) in [6.45, 7) is 10.6. The van der Waals surface area contributed by atoms with Crippen molar-refractivity contribution in [3.05, 3.63) is 70.8 Å². The molecule has 0 spiro atoms. The van der Waals surface area contributed by atoms with Gasteiger partial charge >= 0.3 is 0 Å². The van der Waals surface area contributed by atoms with Gasteiger partial charge in [0.15, 0.2) is 10.8 Å². The van der Waals surface area contributed by atoms with Gasteiger partial charge in [0.1, 0.15) is 0 Å². The lowest BCUT2D eigenvalue weighted by molar-refractivity contribution is 0.0979. The highest BCUT2D eigenvalue weighted by Crippen LogP contribution is 2.33. The number of benzene rings is 1. The number of rotatable bonds is 5. The Morgan fingerprint density at radius 2 is 2.00 bits per heavy atom. The van der Waals surface area contributed by atoms with Crippen LogP contribution in [-0.2, 0) is 6.54 Å². The van der Waals surface area contributed by atoms with E-state index in [1.165, 1.54) is 16.9 Å². The van der Waals surface area contributed by atoms with Crippen LogP contribution in [0.4, 0.5) is 5.13 Å². The second-order valence-corrected chi connectivity index (χ2v) is 8.87. The van der Waals surface area contributed by atoms with Crippen molar-refractivity contribution in [2.24, 2.45) is 0 Å². The fraction of sp³-hybridized carbons (Fsp3) is 0.304. The molecule has 0 saturated carbocycles. The van der Waals surface area contributed by atoms with Gasteiger partial charge < -0.3 is 0 Å². The largest absolute Gasteiger partial charge is 0.280 e. The zero-order valence-electron chi connectivity index (χ0n) is 17.9. The predicted molar refractivity (Wildman–Crippen MR) is 121 cm³/mol. The maximum absolute atomic E-state index is 13.6. The molecule has 4 rings (SSSR count). The molecule has 0 bridgehead atoms. The van der Waals surface area contributed by atoms with Crippen molar-refractivity contribution in [3.63, 3.8) is 0 Å². The molecule has 0 N–H and O–H groups in total. The van der Waals surface area contributed by atoms with Gasteiger partial charge in [-0.3, -0.25) is 19.4 Å². The summed E-state index contributed by atoms with van der Waals surface area (Å²) in [6.07, 6.45) is 3.51. The van der Waals surface area contributed by atoms with Gasteiger partial charge in [-0.25, -0.2) is 4.98 Å². The Balaban J connectivity index is 1.79. The highest BCUT2D eigenvalue weighted by atomic mass is 32.1. The molecule has 7 heteroatoms. The molecule has 0 aliphatic heterocycles. The second-order valence-electron chi connectivity index (χ2n) is 7.89. The normalized spacial score (nSPS) is 11.4. The van der Waals surface area contributed by atoms with E-state index in [1.807, 2.05) is 29.8 Å². The number of aromatic nitrogens is 4. The number of carbonyl (C=O) groups is 1. The molecular weight excluding hydrogens is 394 g/mol. The van der Waals surface area contributed by atoms with Gasteiger partial charge in [0.25, 0.3) is 5.91 Å². The fourth-order valence-corrected chi connectivity index (χ4v) is 4.65.